The maximum absolute atomic E-state index is 12.5. The van der Waals surface area contributed by atoms with E-state index >= 15 is 0 Å². The van der Waals surface area contributed by atoms with Crippen molar-refractivity contribution in [1.82, 2.24) is 15.0 Å². The van der Waals surface area contributed by atoms with Crippen molar-refractivity contribution < 1.29 is 14.1 Å². The number of aromatic nitrogens is 2. The Hall–Kier alpha value is -2.86. The van der Waals surface area contributed by atoms with E-state index in [-0.39, 0.29) is 12.5 Å². The minimum absolute atomic E-state index is 0.0257. The molecule has 4 rings (SSSR count). The molecule has 1 aromatic heterocycles. The molecule has 0 saturated carbocycles. The second kappa shape index (κ2) is 9.30. The van der Waals surface area contributed by atoms with Gasteiger partial charge in [-0.15, -0.1) is 0 Å². The Morgan fingerprint density at radius 3 is 2.70 bits per heavy atom. The van der Waals surface area contributed by atoms with Gasteiger partial charge in [0.2, 0.25) is 11.7 Å². The number of piperidine rings is 1. The average Bonchev–Trinajstić information content (AvgIpc) is 3.21. The maximum atomic E-state index is 12.5. The highest BCUT2D eigenvalue weighted by atomic mass is 35.5. The van der Waals surface area contributed by atoms with Crippen LogP contribution < -0.4 is 4.74 Å². The van der Waals surface area contributed by atoms with Crippen LogP contribution in [0.4, 0.5) is 0 Å². The Balaban J connectivity index is 1.24. The molecule has 7 heteroatoms. The first-order chi connectivity index (χ1) is 14.6. The Bertz CT molecular complexity index is 995. The summed E-state index contributed by atoms with van der Waals surface area (Å²) in [5.41, 5.74) is 1.99. The highest BCUT2D eigenvalue weighted by molar-refractivity contribution is 6.30. The summed E-state index contributed by atoms with van der Waals surface area (Å²) < 4.78 is 11.1. The van der Waals surface area contributed by atoms with Gasteiger partial charge in [0.25, 0.3) is 5.91 Å². The lowest BCUT2D eigenvalue weighted by molar-refractivity contribution is -0.134. The number of benzene rings is 2. The molecule has 0 unspecified atom stereocenters. The summed E-state index contributed by atoms with van der Waals surface area (Å²) in [5, 5.41) is 4.75. The number of hydrogen-bond acceptors (Lipinski definition) is 5. The van der Waals surface area contributed by atoms with Gasteiger partial charge in [-0.05, 0) is 67.6 Å². The van der Waals surface area contributed by atoms with Gasteiger partial charge >= 0.3 is 0 Å². The minimum Gasteiger partial charge on any atom is -0.484 e. The fraction of sp³-hybridized carbons (Fsp3) is 0.348. The fourth-order valence-electron chi connectivity index (χ4n) is 3.63. The highest BCUT2D eigenvalue weighted by Gasteiger charge is 2.25. The first kappa shape index (κ1) is 20.4. The summed E-state index contributed by atoms with van der Waals surface area (Å²) in [6.07, 6.45) is 2.55. The van der Waals surface area contributed by atoms with E-state index in [0.717, 1.165) is 49.2 Å². The summed E-state index contributed by atoms with van der Waals surface area (Å²) in [5.74, 6) is 2.38. The minimum atomic E-state index is 0.0257. The molecule has 156 valence electrons. The van der Waals surface area contributed by atoms with Gasteiger partial charge in [-0.3, -0.25) is 4.79 Å². The zero-order chi connectivity index (χ0) is 20.9. The van der Waals surface area contributed by atoms with Crippen LogP contribution >= 0.6 is 11.6 Å². The Kier molecular flexibility index (Phi) is 6.33. The van der Waals surface area contributed by atoms with E-state index in [4.69, 9.17) is 20.9 Å². The molecule has 2 heterocycles. The van der Waals surface area contributed by atoms with Gasteiger partial charge in [-0.1, -0.05) is 28.9 Å². The summed E-state index contributed by atoms with van der Waals surface area (Å²) >= 11 is 5.92. The topological polar surface area (TPSA) is 68.5 Å². The molecular weight excluding hydrogens is 402 g/mol. The van der Waals surface area contributed by atoms with E-state index in [0.29, 0.717) is 22.7 Å². The molecule has 0 radical (unpaired) electrons. The van der Waals surface area contributed by atoms with Crippen molar-refractivity contribution in [3.63, 3.8) is 0 Å². The largest absolute Gasteiger partial charge is 0.484 e. The van der Waals surface area contributed by atoms with Crippen molar-refractivity contribution in [3.05, 3.63) is 65.0 Å². The van der Waals surface area contributed by atoms with Crippen LogP contribution in [0.5, 0.6) is 5.75 Å². The van der Waals surface area contributed by atoms with Crippen molar-refractivity contribution in [2.75, 3.05) is 19.7 Å². The van der Waals surface area contributed by atoms with E-state index in [1.807, 2.05) is 60.4 Å². The summed E-state index contributed by atoms with van der Waals surface area (Å²) in [4.78, 5) is 18.8. The van der Waals surface area contributed by atoms with Gasteiger partial charge in [0, 0.05) is 30.1 Å². The van der Waals surface area contributed by atoms with Crippen LogP contribution in [0.2, 0.25) is 5.02 Å². The predicted octanol–water partition coefficient (Wildman–Crippen LogP) is 4.56. The number of halogens is 1. The number of hydrogen-bond donors (Lipinski definition) is 0. The SMILES string of the molecule is Cc1cccc(OCC(=O)N2CCC(Cc3nc(-c4ccc(Cl)cc4)no3)CC2)c1. The van der Waals surface area contributed by atoms with Crippen LogP contribution in [0.25, 0.3) is 11.4 Å². The lowest BCUT2D eigenvalue weighted by Crippen LogP contribution is -2.41. The molecule has 0 bridgehead atoms. The number of carbonyl (C=O) groups is 1. The number of nitrogens with zero attached hydrogens (tertiary/aromatic N) is 3. The highest BCUT2D eigenvalue weighted by Crippen LogP contribution is 2.24. The standard InChI is InChI=1S/C23H24ClN3O3/c1-16-3-2-4-20(13-16)29-15-22(28)27-11-9-17(10-12-27)14-21-25-23(26-30-21)18-5-7-19(24)8-6-18/h2-8,13,17H,9-12,14-15H2,1H3. The second-order valence-corrected chi connectivity index (χ2v) is 8.09. The predicted molar refractivity (Wildman–Crippen MR) is 114 cm³/mol. The Labute approximate surface area is 180 Å². The van der Waals surface area contributed by atoms with E-state index in [1.165, 1.54) is 0 Å². The summed E-state index contributed by atoms with van der Waals surface area (Å²) in [6, 6.07) is 15.1. The lowest BCUT2D eigenvalue weighted by atomic mass is 9.93. The molecule has 0 atom stereocenters. The molecule has 30 heavy (non-hydrogen) atoms. The van der Waals surface area contributed by atoms with Crippen molar-refractivity contribution in [1.29, 1.82) is 0 Å². The number of rotatable bonds is 6. The Morgan fingerprint density at radius 2 is 1.97 bits per heavy atom. The molecule has 1 aliphatic rings. The number of carbonyl (C=O) groups excluding carboxylic acids is 1. The summed E-state index contributed by atoms with van der Waals surface area (Å²) in [7, 11) is 0. The number of likely N-dealkylation sites (tertiary alicyclic amines) is 1. The van der Waals surface area contributed by atoms with Gasteiger partial charge in [0.15, 0.2) is 6.61 Å². The number of ether oxygens (including phenoxy) is 1. The van der Waals surface area contributed by atoms with E-state index in [2.05, 4.69) is 10.1 Å². The maximum Gasteiger partial charge on any atom is 0.260 e. The molecule has 3 aromatic rings. The van der Waals surface area contributed by atoms with E-state index < -0.39 is 0 Å². The number of aryl methyl sites for hydroxylation is 1. The van der Waals surface area contributed by atoms with Crippen molar-refractivity contribution in [2.45, 2.75) is 26.2 Å². The fourth-order valence-corrected chi connectivity index (χ4v) is 3.75. The zero-order valence-electron chi connectivity index (χ0n) is 16.9. The number of amides is 1. The first-order valence-electron chi connectivity index (χ1n) is 10.1. The van der Waals surface area contributed by atoms with Crippen LogP contribution in [0, 0.1) is 12.8 Å². The third kappa shape index (κ3) is 5.19. The van der Waals surface area contributed by atoms with Crippen molar-refractivity contribution >= 4 is 17.5 Å². The van der Waals surface area contributed by atoms with Crippen molar-refractivity contribution in [3.8, 4) is 17.1 Å². The smallest absolute Gasteiger partial charge is 0.260 e. The molecule has 1 saturated heterocycles. The third-order valence-electron chi connectivity index (χ3n) is 5.35. The van der Waals surface area contributed by atoms with Gasteiger partial charge in [-0.2, -0.15) is 4.98 Å². The summed E-state index contributed by atoms with van der Waals surface area (Å²) in [6.45, 7) is 3.52. The van der Waals surface area contributed by atoms with E-state index in [1.54, 1.807) is 0 Å². The molecule has 1 fully saturated rings. The molecule has 0 N–H and O–H groups in total. The van der Waals surface area contributed by atoms with Gasteiger partial charge in [0.1, 0.15) is 5.75 Å². The van der Waals surface area contributed by atoms with Crippen LogP contribution in [-0.2, 0) is 11.2 Å². The lowest BCUT2D eigenvalue weighted by Gasteiger charge is -2.31. The van der Waals surface area contributed by atoms with Crippen molar-refractivity contribution in [2.24, 2.45) is 5.92 Å². The molecule has 1 amide bonds. The zero-order valence-corrected chi connectivity index (χ0v) is 17.6. The molecule has 2 aromatic carbocycles. The van der Waals surface area contributed by atoms with Crippen LogP contribution in [0.15, 0.2) is 53.1 Å². The quantitative estimate of drug-likeness (QED) is 0.579. The van der Waals surface area contributed by atoms with Crippen LogP contribution in [0.3, 0.4) is 0 Å². The van der Waals surface area contributed by atoms with Gasteiger partial charge < -0.3 is 14.2 Å². The van der Waals surface area contributed by atoms with Gasteiger partial charge in [0.05, 0.1) is 0 Å². The average molecular weight is 426 g/mol. The second-order valence-electron chi connectivity index (χ2n) is 7.65. The first-order valence-corrected chi connectivity index (χ1v) is 10.5. The molecule has 0 aliphatic carbocycles. The monoisotopic (exact) mass is 425 g/mol. The van der Waals surface area contributed by atoms with Crippen LogP contribution in [0.1, 0.15) is 24.3 Å². The normalized spacial score (nSPS) is 14.7. The van der Waals surface area contributed by atoms with E-state index in [9.17, 15) is 4.79 Å². The molecule has 6 nitrogen and oxygen atoms in total. The molecule has 0 spiro atoms. The third-order valence-corrected chi connectivity index (χ3v) is 5.60. The Morgan fingerprint density at radius 1 is 1.20 bits per heavy atom. The molecular formula is C23H24ClN3O3. The van der Waals surface area contributed by atoms with Crippen LogP contribution in [-0.4, -0.2) is 40.6 Å². The molecule has 1 aliphatic heterocycles. The van der Waals surface area contributed by atoms with Gasteiger partial charge in [-0.25, -0.2) is 0 Å².